The van der Waals surface area contributed by atoms with E-state index in [0.717, 1.165) is 17.8 Å². The first-order valence-corrected chi connectivity index (χ1v) is 9.06. The minimum absolute atomic E-state index is 0.161. The molecule has 1 unspecified atom stereocenters. The first-order valence-electron chi connectivity index (χ1n) is 9.06. The Morgan fingerprint density at radius 3 is 2.63 bits per heavy atom. The maximum Gasteiger partial charge on any atom is 0.264 e. The van der Waals surface area contributed by atoms with Crippen molar-refractivity contribution in [3.05, 3.63) is 87.9 Å². The van der Waals surface area contributed by atoms with Crippen LogP contribution in [0.2, 0.25) is 0 Å². The third kappa shape index (κ3) is 4.00. The number of imidazole rings is 1. The van der Waals surface area contributed by atoms with Crippen LogP contribution in [-0.4, -0.2) is 20.0 Å². The number of rotatable bonds is 6. The van der Waals surface area contributed by atoms with E-state index in [1.807, 2.05) is 61.0 Å². The van der Waals surface area contributed by atoms with Crippen LogP contribution < -0.4 is 10.9 Å². The van der Waals surface area contributed by atoms with Gasteiger partial charge in [-0.3, -0.25) is 9.59 Å². The first kappa shape index (κ1) is 18.6. The minimum Gasteiger partial charge on any atom is -0.346 e. The van der Waals surface area contributed by atoms with Gasteiger partial charge >= 0.3 is 0 Å². The molecule has 0 aliphatic rings. The van der Waals surface area contributed by atoms with Crippen molar-refractivity contribution in [1.82, 2.24) is 19.4 Å². The van der Waals surface area contributed by atoms with E-state index in [-0.39, 0.29) is 29.6 Å². The van der Waals surface area contributed by atoms with Crippen molar-refractivity contribution in [3.63, 3.8) is 0 Å². The summed E-state index contributed by atoms with van der Waals surface area (Å²) in [4.78, 5) is 29.9. The van der Waals surface area contributed by atoms with E-state index in [1.54, 1.807) is 24.0 Å². The van der Waals surface area contributed by atoms with Crippen LogP contribution in [0.25, 0.3) is 0 Å². The van der Waals surface area contributed by atoms with Crippen LogP contribution in [-0.2, 0) is 13.1 Å². The van der Waals surface area contributed by atoms with Gasteiger partial charge < -0.3 is 14.5 Å². The summed E-state index contributed by atoms with van der Waals surface area (Å²) in [5.74, 6) is -0.377. The van der Waals surface area contributed by atoms with Crippen molar-refractivity contribution >= 4 is 5.91 Å². The van der Waals surface area contributed by atoms with Gasteiger partial charge in [0.1, 0.15) is 5.56 Å². The van der Waals surface area contributed by atoms with Gasteiger partial charge in [-0.2, -0.15) is 0 Å². The number of nitrogens with zero attached hydrogens (tertiary/aromatic N) is 3. The highest BCUT2D eigenvalue weighted by Crippen LogP contribution is 2.16. The van der Waals surface area contributed by atoms with Crippen LogP contribution in [0.3, 0.4) is 0 Å². The smallest absolute Gasteiger partial charge is 0.264 e. The summed E-state index contributed by atoms with van der Waals surface area (Å²) < 4.78 is 3.53. The van der Waals surface area contributed by atoms with Crippen molar-refractivity contribution in [2.24, 2.45) is 0 Å². The zero-order valence-electron chi connectivity index (χ0n) is 15.8. The molecule has 140 valence electrons. The predicted octanol–water partition coefficient (Wildman–Crippen LogP) is 2.91. The van der Waals surface area contributed by atoms with Crippen LogP contribution in [0.1, 0.15) is 47.1 Å². The van der Waals surface area contributed by atoms with Crippen LogP contribution >= 0.6 is 0 Å². The lowest BCUT2D eigenvalue weighted by atomic mass is 10.1. The third-order valence-corrected chi connectivity index (χ3v) is 4.74. The number of carbonyl (C=O) groups excluding carboxylic acids is 1. The molecule has 1 amide bonds. The minimum atomic E-state index is -0.377. The zero-order valence-corrected chi connectivity index (χ0v) is 15.8. The van der Waals surface area contributed by atoms with Gasteiger partial charge in [0.05, 0.1) is 24.6 Å². The monoisotopic (exact) mass is 364 g/mol. The lowest BCUT2D eigenvalue weighted by Gasteiger charge is -2.17. The van der Waals surface area contributed by atoms with Crippen molar-refractivity contribution in [2.45, 2.75) is 39.9 Å². The molecule has 0 radical (unpaired) electrons. The maximum atomic E-state index is 13.0. The number of benzene rings is 1. The number of aromatic nitrogens is 3. The van der Waals surface area contributed by atoms with Gasteiger partial charge in [-0.1, -0.05) is 30.3 Å². The lowest BCUT2D eigenvalue weighted by molar-refractivity contribution is 0.0947. The molecule has 1 N–H and O–H groups in total. The molecule has 0 bridgehead atoms. The predicted molar refractivity (Wildman–Crippen MR) is 105 cm³/mol. The molecule has 0 spiro atoms. The van der Waals surface area contributed by atoms with Crippen LogP contribution in [0.5, 0.6) is 0 Å². The Bertz CT molecular complexity index is 989. The maximum absolute atomic E-state index is 13.0. The van der Waals surface area contributed by atoms with Crippen LogP contribution in [0, 0.1) is 6.92 Å². The second-order valence-corrected chi connectivity index (χ2v) is 6.55. The lowest BCUT2D eigenvalue weighted by Crippen LogP contribution is -2.35. The molecule has 6 heteroatoms. The Morgan fingerprint density at radius 2 is 1.96 bits per heavy atom. The summed E-state index contributed by atoms with van der Waals surface area (Å²) in [6, 6.07) is 11.4. The van der Waals surface area contributed by atoms with Gasteiger partial charge in [0.15, 0.2) is 0 Å². The van der Waals surface area contributed by atoms with Crippen LogP contribution in [0.15, 0.2) is 59.9 Å². The molecule has 0 fully saturated rings. The second kappa shape index (κ2) is 8.03. The van der Waals surface area contributed by atoms with Crippen LogP contribution in [0.4, 0.5) is 0 Å². The molecule has 1 aromatic carbocycles. The van der Waals surface area contributed by atoms with Gasteiger partial charge in [0.2, 0.25) is 0 Å². The van der Waals surface area contributed by atoms with E-state index >= 15 is 0 Å². The molecule has 0 saturated carbocycles. The fourth-order valence-electron chi connectivity index (χ4n) is 3.04. The van der Waals surface area contributed by atoms with Crippen molar-refractivity contribution in [2.75, 3.05) is 0 Å². The highest BCUT2D eigenvalue weighted by Gasteiger charge is 2.18. The van der Waals surface area contributed by atoms with Crippen molar-refractivity contribution in [1.29, 1.82) is 0 Å². The average Bonchev–Trinajstić information content (AvgIpc) is 3.15. The van der Waals surface area contributed by atoms with Gasteiger partial charge in [0, 0.05) is 18.9 Å². The Balaban J connectivity index is 1.84. The van der Waals surface area contributed by atoms with Gasteiger partial charge in [0.25, 0.3) is 11.5 Å². The summed E-state index contributed by atoms with van der Waals surface area (Å²) >= 11 is 0. The summed E-state index contributed by atoms with van der Waals surface area (Å²) in [7, 11) is 0. The third-order valence-electron chi connectivity index (χ3n) is 4.74. The number of pyridine rings is 1. The summed E-state index contributed by atoms with van der Waals surface area (Å²) in [5.41, 5.74) is 2.32. The normalized spacial score (nSPS) is 12.0. The zero-order chi connectivity index (χ0) is 19.4. The van der Waals surface area contributed by atoms with E-state index in [9.17, 15) is 9.59 Å². The van der Waals surface area contributed by atoms with Gasteiger partial charge in [-0.15, -0.1) is 0 Å². The molecular weight excluding hydrogens is 340 g/mol. The number of carbonyl (C=O) groups is 1. The first-order chi connectivity index (χ1) is 13.0. The summed E-state index contributed by atoms with van der Waals surface area (Å²) in [6.45, 7) is 6.85. The molecule has 0 saturated heterocycles. The number of nitrogens with one attached hydrogen (secondary N) is 1. The molecule has 27 heavy (non-hydrogen) atoms. The fourth-order valence-corrected chi connectivity index (χ4v) is 3.04. The molecule has 2 aromatic heterocycles. The molecule has 3 rings (SSSR count). The Morgan fingerprint density at radius 1 is 1.22 bits per heavy atom. The molecule has 6 nitrogen and oxygen atoms in total. The second-order valence-electron chi connectivity index (χ2n) is 6.55. The van der Waals surface area contributed by atoms with E-state index in [2.05, 4.69) is 10.3 Å². The van der Waals surface area contributed by atoms with E-state index in [4.69, 9.17) is 0 Å². The Hall–Kier alpha value is -3.15. The highest BCUT2D eigenvalue weighted by molar-refractivity contribution is 5.95. The topological polar surface area (TPSA) is 68.9 Å². The van der Waals surface area contributed by atoms with E-state index in [0.29, 0.717) is 5.56 Å². The quantitative estimate of drug-likeness (QED) is 0.731. The molecule has 0 aliphatic heterocycles. The molecule has 3 aromatic rings. The highest BCUT2D eigenvalue weighted by atomic mass is 16.2. The standard InChI is InChI=1S/C21H24N4O2/c1-4-24-13-18(23-14-24)12-22-20(26)19-15(2)10-11-25(21(19)27)16(3)17-8-6-5-7-9-17/h5-11,13-14,16H,4,12H2,1-3H3,(H,22,26). The SMILES string of the molecule is CCn1cnc(CNC(=O)c2c(C)ccn(C(C)c3ccccc3)c2=O)c1. The summed E-state index contributed by atoms with van der Waals surface area (Å²) in [6.07, 6.45) is 5.35. The number of hydrogen-bond acceptors (Lipinski definition) is 3. The molecule has 0 aliphatic carbocycles. The average molecular weight is 364 g/mol. The summed E-state index contributed by atoms with van der Waals surface area (Å²) in [5, 5.41) is 2.81. The Kier molecular flexibility index (Phi) is 5.54. The van der Waals surface area contributed by atoms with E-state index < -0.39 is 0 Å². The molecule has 2 heterocycles. The fraction of sp³-hybridized carbons (Fsp3) is 0.286. The largest absolute Gasteiger partial charge is 0.346 e. The Labute approximate surface area is 158 Å². The molecular formula is C21H24N4O2. The number of amides is 1. The number of hydrogen-bond donors (Lipinski definition) is 1. The number of aryl methyl sites for hydroxylation is 2. The van der Waals surface area contributed by atoms with Crippen molar-refractivity contribution in [3.8, 4) is 0 Å². The molecule has 1 atom stereocenters. The van der Waals surface area contributed by atoms with E-state index in [1.165, 1.54) is 0 Å². The van der Waals surface area contributed by atoms with Gasteiger partial charge in [-0.25, -0.2) is 4.98 Å². The van der Waals surface area contributed by atoms with Crippen molar-refractivity contribution < 1.29 is 4.79 Å². The van der Waals surface area contributed by atoms with Gasteiger partial charge in [-0.05, 0) is 38.0 Å².